The van der Waals surface area contributed by atoms with Crippen molar-refractivity contribution in [2.45, 2.75) is 6.61 Å². The van der Waals surface area contributed by atoms with Gasteiger partial charge in [0.1, 0.15) is 0 Å². The van der Waals surface area contributed by atoms with Gasteiger partial charge in [-0.3, -0.25) is 0 Å². The van der Waals surface area contributed by atoms with Crippen molar-refractivity contribution in [3.8, 4) is 0 Å². The normalized spacial score (nSPS) is 10.9. The number of aromatic carboxylic acids is 1. The Morgan fingerprint density at radius 3 is 2.79 bits per heavy atom. The van der Waals surface area contributed by atoms with E-state index in [4.69, 9.17) is 14.3 Å². The van der Waals surface area contributed by atoms with Crippen LogP contribution in [0.15, 0.2) is 53.2 Å². The van der Waals surface area contributed by atoms with Gasteiger partial charge in [-0.05, 0) is 11.6 Å². The van der Waals surface area contributed by atoms with E-state index >= 15 is 0 Å². The summed E-state index contributed by atoms with van der Waals surface area (Å²) in [5.41, 5.74) is 1.64. The highest BCUT2D eigenvalue weighted by atomic mass is 16.5. The molecule has 0 radical (unpaired) electrons. The van der Waals surface area contributed by atoms with Crippen LogP contribution in [0.1, 0.15) is 21.7 Å². The number of hydrogen-bond acceptors (Lipinski definition) is 3. The lowest BCUT2D eigenvalue weighted by Gasteiger charge is -1.99. The number of carbonyl (C=O) groups is 1. The highest BCUT2D eigenvalue weighted by Gasteiger charge is 2.13. The van der Waals surface area contributed by atoms with E-state index in [0.29, 0.717) is 12.2 Å². The molecule has 0 bridgehead atoms. The van der Waals surface area contributed by atoms with E-state index < -0.39 is 5.97 Å². The molecule has 98 valence electrons. The van der Waals surface area contributed by atoms with E-state index in [1.807, 2.05) is 42.5 Å². The van der Waals surface area contributed by atoms with Crippen LogP contribution in [0.4, 0.5) is 0 Å². The van der Waals surface area contributed by atoms with Gasteiger partial charge in [-0.1, -0.05) is 42.5 Å². The summed E-state index contributed by atoms with van der Waals surface area (Å²) in [6, 6.07) is 11.5. The Hall–Kier alpha value is -2.33. The largest absolute Gasteiger partial charge is 0.475 e. The maximum Gasteiger partial charge on any atom is 0.372 e. The van der Waals surface area contributed by atoms with Crippen LogP contribution in [0.25, 0.3) is 6.08 Å². The summed E-state index contributed by atoms with van der Waals surface area (Å²) in [7, 11) is 0. The zero-order valence-corrected chi connectivity index (χ0v) is 10.3. The molecule has 1 aromatic heterocycles. The lowest BCUT2D eigenvalue weighted by molar-refractivity contribution is 0.0653. The number of rotatable bonds is 6. The summed E-state index contributed by atoms with van der Waals surface area (Å²) in [5, 5.41) is 8.84. The third kappa shape index (κ3) is 3.82. The topological polar surface area (TPSA) is 59.7 Å². The van der Waals surface area contributed by atoms with Gasteiger partial charge in [0, 0.05) is 5.56 Å². The van der Waals surface area contributed by atoms with Crippen molar-refractivity contribution >= 4 is 12.0 Å². The lowest BCUT2D eigenvalue weighted by Crippen LogP contribution is -2.01. The number of furan rings is 1. The fourth-order valence-electron chi connectivity index (χ4n) is 1.62. The van der Waals surface area contributed by atoms with Gasteiger partial charge in [-0.25, -0.2) is 4.79 Å². The molecule has 0 fully saturated rings. The summed E-state index contributed by atoms with van der Waals surface area (Å²) in [6.07, 6.45) is 5.19. The van der Waals surface area contributed by atoms with Crippen LogP contribution in [0, 0.1) is 0 Å². The summed E-state index contributed by atoms with van der Waals surface area (Å²) < 4.78 is 10.2. The molecule has 0 amide bonds. The zero-order chi connectivity index (χ0) is 13.5. The first-order valence-electron chi connectivity index (χ1n) is 5.86. The molecule has 0 aliphatic rings. The van der Waals surface area contributed by atoms with Crippen LogP contribution in [0.2, 0.25) is 0 Å². The van der Waals surface area contributed by atoms with Crippen molar-refractivity contribution in [3.63, 3.8) is 0 Å². The minimum Gasteiger partial charge on any atom is -0.475 e. The van der Waals surface area contributed by atoms with Crippen molar-refractivity contribution in [1.82, 2.24) is 0 Å². The quantitative estimate of drug-likeness (QED) is 0.808. The van der Waals surface area contributed by atoms with Gasteiger partial charge in [-0.2, -0.15) is 0 Å². The predicted octanol–water partition coefficient (Wildman–Crippen LogP) is 3.21. The number of benzene rings is 1. The third-order valence-corrected chi connectivity index (χ3v) is 2.52. The van der Waals surface area contributed by atoms with E-state index in [2.05, 4.69) is 0 Å². The van der Waals surface area contributed by atoms with E-state index in [-0.39, 0.29) is 12.4 Å². The molecule has 0 spiro atoms. The molecule has 0 aliphatic carbocycles. The average Bonchev–Trinajstić information content (AvgIpc) is 2.88. The van der Waals surface area contributed by atoms with Gasteiger partial charge in [0.25, 0.3) is 0 Å². The molecule has 0 unspecified atom stereocenters. The van der Waals surface area contributed by atoms with Gasteiger partial charge in [-0.15, -0.1) is 0 Å². The molecular weight excluding hydrogens is 244 g/mol. The first-order chi connectivity index (χ1) is 9.27. The molecule has 2 aromatic rings. The number of carboxylic acid groups (broad SMARTS) is 1. The van der Waals surface area contributed by atoms with Crippen molar-refractivity contribution in [3.05, 3.63) is 65.6 Å². The molecular formula is C15H14O4. The Kier molecular flexibility index (Phi) is 4.53. The SMILES string of the molecule is O=C(O)c1occc1COC/C=C/c1ccccc1. The molecule has 1 N–H and O–H groups in total. The standard InChI is InChI=1S/C15H14O4/c16-15(17)14-13(8-10-19-14)11-18-9-4-7-12-5-2-1-3-6-12/h1-8,10H,9,11H2,(H,16,17)/b7-4+. The van der Waals surface area contributed by atoms with Crippen molar-refractivity contribution in [1.29, 1.82) is 0 Å². The Morgan fingerprint density at radius 1 is 1.26 bits per heavy atom. The van der Waals surface area contributed by atoms with E-state index in [0.717, 1.165) is 5.56 Å². The van der Waals surface area contributed by atoms with Gasteiger partial charge < -0.3 is 14.3 Å². The molecule has 0 atom stereocenters. The highest BCUT2D eigenvalue weighted by molar-refractivity contribution is 5.85. The maximum atomic E-state index is 10.8. The van der Waals surface area contributed by atoms with Crippen molar-refractivity contribution in [2.75, 3.05) is 6.61 Å². The van der Waals surface area contributed by atoms with E-state index in [9.17, 15) is 4.79 Å². The Balaban J connectivity index is 1.79. The molecule has 0 aliphatic heterocycles. The van der Waals surface area contributed by atoms with Gasteiger partial charge in [0.2, 0.25) is 5.76 Å². The van der Waals surface area contributed by atoms with Gasteiger partial charge >= 0.3 is 5.97 Å². The van der Waals surface area contributed by atoms with E-state index in [1.165, 1.54) is 6.26 Å². The lowest BCUT2D eigenvalue weighted by atomic mass is 10.2. The highest BCUT2D eigenvalue weighted by Crippen LogP contribution is 2.11. The molecule has 0 saturated heterocycles. The fourth-order valence-corrected chi connectivity index (χ4v) is 1.62. The molecule has 19 heavy (non-hydrogen) atoms. The summed E-state index contributed by atoms with van der Waals surface area (Å²) in [6.45, 7) is 0.635. The minimum atomic E-state index is -1.08. The van der Waals surface area contributed by atoms with Crippen LogP contribution in [0.5, 0.6) is 0 Å². The van der Waals surface area contributed by atoms with E-state index in [1.54, 1.807) is 6.07 Å². The molecule has 4 heteroatoms. The van der Waals surface area contributed by atoms with Crippen LogP contribution in [-0.4, -0.2) is 17.7 Å². The molecule has 1 heterocycles. The van der Waals surface area contributed by atoms with Crippen LogP contribution < -0.4 is 0 Å². The molecule has 1 aromatic carbocycles. The first kappa shape index (κ1) is 13.1. The summed E-state index contributed by atoms with van der Waals surface area (Å²) >= 11 is 0. The Labute approximate surface area is 110 Å². The Morgan fingerprint density at radius 2 is 2.05 bits per heavy atom. The Bertz CT molecular complexity index is 555. The van der Waals surface area contributed by atoms with Crippen LogP contribution in [-0.2, 0) is 11.3 Å². The third-order valence-electron chi connectivity index (χ3n) is 2.52. The minimum absolute atomic E-state index is 0.0629. The fraction of sp³-hybridized carbons (Fsp3) is 0.133. The predicted molar refractivity (Wildman–Crippen MR) is 70.8 cm³/mol. The van der Waals surface area contributed by atoms with Crippen LogP contribution >= 0.6 is 0 Å². The second-order valence-electron chi connectivity index (χ2n) is 3.91. The second-order valence-corrected chi connectivity index (χ2v) is 3.91. The number of hydrogen-bond donors (Lipinski definition) is 1. The van der Waals surface area contributed by atoms with Crippen molar-refractivity contribution in [2.24, 2.45) is 0 Å². The second kappa shape index (κ2) is 6.56. The maximum absolute atomic E-state index is 10.8. The van der Waals surface area contributed by atoms with Gasteiger partial charge in [0.15, 0.2) is 0 Å². The van der Waals surface area contributed by atoms with Crippen molar-refractivity contribution < 1.29 is 19.1 Å². The molecule has 2 rings (SSSR count). The monoisotopic (exact) mass is 258 g/mol. The number of ether oxygens (including phenoxy) is 1. The zero-order valence-electron chi connectivity index (χ0n) is 10.3. The average molecular weight is 258 g/mol. The van der Waals surface area contributed by atoms with Crippen LogP contribution in [0.3, 0.4) is 0 Å². The smallest absolute Gasteiger partial charge is 0.372 e. The molecule has 4 nitrogen and oxygen atoms in total. The summed E-state index contributed by atoms with van der Waals surface area (Å²) in [5.74, 6) is -1.14. The summed E-state index contributed by atoms with van der Waals surface area (Å²) in [4.78, 5) is 10.8. The van der Waals surface area contributed by atoms with Gasteiger partial charge in [0.05, 0.1) is 19.5 Å². The molecule has 0 saturated carbocycles. The number of carboxylic acids is 1. The first-order valence-corrected chi connectivity index (χ1v) is 5.86.